The number of phenolic OH excluding ortho intramolecular Hbond substituents is 1. The molecule has 2 heterocycles. The highest BCUT2D eigenvalue weighted by molar-refractivity contribution is 5.63. The summed E-state index contributed by atoms with van der Waals surface area (Å²) in [5, 5.41) is 9.81. The maximum absolute atomic E-state index is 9.81. The number of piperidine rings is 1. The largest absolute Gasteiger partial charge is 0.507 e. The summed E-state index contributed by atoms with van der Waals surface area (Å²) < 4.78 is 0. The van der Waals surface area contributed by atoms with E-state index in [2.05, 4.69) is 14.9 Å². The van der Waals surface area contributed by atoms with Crippen molar-refractivity contribution in [2.75, 3.05) is 18.0 Å². The first-order valence-corrected chi connectivity index (χ1v) is 6.85. The van der Waals surface area contributed by atoms with Crippen LogP contribution in [-0.4, -0.2) is 34.2 Å². The van der Waals surface area contributed by atoms with Gasteiger partial charge in [0, 0.05) is 19.1 Å². The van der Waals surface area contributed by atoms with Gasteiger partial charge >= 0.3 is 0 Å². The fourth-order valence-corrected chi connectivity index (χ4v) is 2.44. The first kappa shape index (κ1) is 12.9. The van der Waals surface area contributed by atoms with Crippen molar-refractivity contribution < 1.29 is 5.11 Å². The summed E-state index contributed by atoms with van der Waals surface area (Å²) >= 11 is 0. The van der Waals surface area contributed by atoms with Gasteiger partial charge in [-0.1, -0.05) is 12.1 Å². The van der Waals surface area contributed by atoms with E-state index in [1.54, 1.807) is 12.1 Å². The van der Waals surface area contributed by atoms with Gasteiger partial charge in [0.25, 0.3) is 0 Å². The lowest BCUT2D eigenvalue weighted by Crippen LogP contribution is -2.39. The zero-order chi connectivity index (χ0) is 13.9. The average Bonchev–Trinajstić information content (AvgIpc) is 2.49. The molecule has 104 valence electrons. The van der Waals surface area contributed by atoms with Gasteiger partial charge in [0.2, 0.25) is 0 Å². The Hall–Kier alpha value is -2.14. The number of hydrogen-bond acceptors (Lipinski definition) is 5. The third-order valence-corrected chi connectivity index (χ3v) is 3.69. The maximum atomic E-state index is 9.81. The van der Waals surface area contributed by atoms with Crippen LogP contribution in [0.1, 0.15) is 12.8 Å². The van der Waals surface area contributed by atoms with Gasteiger partial charge in [0.1, 0.15) is 5.75 Å². The highest BCUT2D eigenvalue weighted by atomic mass is 16.3. The van der Waals surface area contributed by atoms with E-state index in [4.69, 9.17) is 5.73 Å². The van der Waals surface area contributed by atoms with Gasteiger partial charge in [-0.15, -0.1) is 0 Å². The van der Waals surface area contributed by atoms with E-state index in [1.807, 2.05) is 24.5 Å². The number of hydrogen-bond donors (Lipinski definition) is 2. The van der Waals surface area contributed by atoms with E-state index >= 15 is 0 Å². The maximum Gasteiger partial charge on any atom is 0.163 e. The SMILES string of the molecule is NC1CCN(c2cnc(-c3ccccc3O)nc2)CC1. The molecule has 5 heteroatoms. The lowest BCUT2D eigenvalue weighted by molar-refractivity contribution is 0.477. The number of aromatic hydroxyl groups is 1. The lowest BCUT2D eigenvalue weighted by atomic mass is 10.1. The van der Waals surface area contributed by atoms with Crippen LogP contribution in [0, 0.1) is 0 Å². The molecule has 0 unspecified atom stereocenters. The Labute approximate surface area is 118 Å². The fraction of sp³-hybridized carbons (Fsp3) is 0.333. The number of nitrogens with zero attached hydrogens (tertiary/aromatic N) is 3. The van der Waals surface area contributed by atoms with Crippen LogP contribution in [0.5, 0.6) is 5.75 Å². The number of benzene rings is 1. The molecule has 0 amide bonds. The van der Waals surface area contributed by atoms with Crippen molar-refractivity contribution in [1.82, 2.24) is 9.97 Å². The predicted octanol–water partition coefficient (Wildman–Crippen LogP) is 1.78. The quantitative estimate of drug-likeness (QED) is 0.870. The van der Waals surface area contributed by atoms with E-state index in [0.717, 1.165) is 31.6 Å². The second-order valence-electron chi connectivity index (χ2n) is 5.11. The molecule has 1 aliphatic heterocycles. The second-order valence-corrected chi connectivity index (χ2v) is 5.11. The van der Waals surface area contributed by atoms with Crippen molar-refractivity contribution in [3.63, 3.8) is 0 Å². The van der Waals surface area contributed by atoms with Crippen LogP contribution in [0.25, 0.3) is 11.4 Å². The Morgan fingerprint density at radius 3 is 2.40 bits per heavy atom. The number of phenols is 1. The zero-order valence-corrected chi connectivity index (χ0v) is 11.2. The molecule has 1 aromatic heterocycles. The molecule has 0 aliphatic carbocycles. The van der Waals surface area contributed by atoms with E-state index in [0.29, 0.717) is 17.4 Å². The minimum Gasteiger partial charge on any atom is -0.507 e. The average molecular weight is 270 g/mol. The minimum atomic E-state index is 0.198. The number of para-hydroxylation sites is 1. The van der Waals surface area contributed by atoms with Crippen LogP contribution in [0.15, 0.2) is 36.7 Å². The molecular weight excluding hydrogens is 252 g/mol. The molecule has 0 saturated carbocycles. The first-order valence-electron chi connectivity index (χ1n) is 6.85. The molecule has 0 bridgehead atoms. The van der Waals surface area contributed by atoms with Crippen LogP contribution >= 0.6 is 0 Å². The van der Waals surface area contributed by atoms with Crippen molar-refractivity contribution in [1.29, 1.82) is 0 Å². The summed E-state index contributed by atoms with van der Waals surface area (Å²) in [7, 11) is 0. The second kappa shape index (κ2) is 5.46. The molecule has 0 spiro atoms. The molecule has 1 saturated heterocycles. The van der Waals surface area contributed by atoms with Crippen molar-refractivity contribution in [2.45, 2.75) is 18.9 Å². The Kier molecular flexibility index (Phi) is 3.52. The molecule has 5 nitrogen and oxygen atoms in total. The van der Waals surface area contributed by atoms with Crippen molar-refractivity contribution in [3.8, 4) is 17.1 Å². The molecule has 1 aromatic carbocycles. The Balaban J connectivity index is 1.80. The van der Waals surface area contributed by atoms with Gasteiger partial charge in [-0.3, -0.25) is 0 Å². The lowest BCUT2D eigenvalue weighted by Gasteiger charge is -2.31. The molecule has 20 heavy (non-hydrogen) atoms. The monoisotopic (exact) mass is 270 g/mol. The molecule has 2 aromatic rings. The third kappa shape index (κ3) is 2.58. The highest BCUT2D eigenvalue weighted by Crippen LogP contribution is 2.26. The molecule has 3 rings (SSSR count). The minimum absolute atomic E-state index is 0.198. The molecule has 0 radical (unpaired) electrons. The molecule has 1 fully saturated rings. The standard InChI is InChI=1S/C15H18N4O/c16-11-5-7-19(8-6-11)12-9-17-15(18-10-12)13-3-1-2-4-14(13)20/h1-4,9-11,20H,5-8,16H2. The fourth-order valence-electron chi connectivity index (χ4n) is 2.44. The van der Waals surface area contributed by atoms with Crippen LogP contribution in [0.3, 0.4) is 0 Å². The number of nitrogens with two attached hydrogens (primary N) is 1. The third-order valence-electron chi connectivity index (χ3n) is 3.69. The first-order chi connectivity index (χ1) is 9.74. The Bertz CT molecular complexity index is 577. The van der Waals surface area contributed by atoms with Crippen molar-refractivity contribution in [3.05, 3.63) is 36.7 Å². The van der Waals surface area contributed by atoms with E-state index in [1.165, 1.54) is 0 Å². The van der Waals surface area contributed by atoms with E-state index in [9.17, 15) is 5.11 Å². The molecule has 3 N–H and O–H groups in total. The molecule has 1 aliphatic rings. The number of anilines is 1. The van der Waals surface area contributed by atoms with Crippen LogP contribution in [-0.2, 0) is 0 Å². The van der Waals surface area contributed by atoms with E-state index in [-0.39, 0.29) is 5.75 Å². The molecule has 0 atom stereocenters. The number of rotatable bonds is 2. The molecular formula is C15H18N4O. The summed E-state index contributed by atoms with van der Waals surface area (Å²) in [4.78, 5) is 11.0. The summed E-state index contributed by atoms with van der Waals surface area (Å²) in [5.74, 6) is 0.741. The Morgan fingerprint density at radius 1 is 1.10 bits per heavy atom. The predicted molar refractivity (Wildman–Crippen MR) is 78.6 cm³/mol. The van der Waals surface area contributed by atoms with Crippen LogP contribution < -0.4 is 10.6 Å². The van der Waals surface area contributed by atoms with Crippen LogP contribution in [0.4, 0.5) is 5.69 Å². The number of aromatic nitrogens is 2. The summed E-state index contributed by atoms with van der Waals surface area (Å²) in [6, 6.07) is 7.40. The summed E-state index contributed by atoms with van der Waals surface area (Å²) in [5.41, 5.74) is 7.57. The van der Waals surface area contributed by atoms with Gasteiger partial charge in [-0.2, -0.15) is 0 Å². The van der Waals surface area contributed by atoms with Crippen LogP contribution in [0.2, 0.25) is 0 Å². The summed E-state index contributed by atoms with van der Waals surface area (Å²) in [6.45, 7) is 1.89. The summed E-state index contributed by atoms with van der Waals surface area (Å²) in [6.07, 6.45) is 5.62. The zero-order valence-electron chi connectivity index (χ0n) is 11.2. The van der Waals surface area contributed by atoms with Gasteiger partial charge < -0.3 is 15.7 Å². The van der Waals surface area contributed by atoms with Crippen molar-refractivity contribution in [2.24, 2.45) is 5.73 Å². The van der Waals surface area contributed by atoms with Gasteiger partial charge in [0.15, 0.2) is 5.82 Å². The van der Waals surface area contributed by atoms with Crippen molar-refractivity contribution >= 4 is 5.69 Å². The van der Waals surface area contributed by atoms with E-state index < -0.39 is 0 Å². The normalized spacial score (nSPS) is 16.4. The van der Waals surface area contributed by atoms with Gasteiger partial charge in [0.05, 0.1) is 23.6 Å². The Morgan fingerprint density at radius 2 is 1.75 bits per heavy atom. The smallest absolute Gasteiger partial charge is 0.163 e. The highest BCUT2D eigenvalue weighted by Gasteiger charge is 2.17. The van der Waals surface area contributed by atoms with Gasteiger partial charge in [-0.05, 0) is 25.0 Å². The van der Waals surface area contributed by atoms with Gasteiger partial charge in [-0.25, -0.2) is 9.97 Å². The topological polar surface area (TPSA) is 75.3 Å².